The molecule has 0 radical (unpaired) electrons. The summed E-state index contributed by atoms with van der Waals surface area (Å²) in [4.78, 5) is 0. The third-order valence-corrected chi connectivity index (χ3v) is 4.19. The minimum absolute atomic E-state index is 0.416. The van der Waals surface area contributed by atoms with E-state index in [1.54, 1.807) is 15.6 Å². The van der Waals surface area contributed by atoms with E-state index in [4.69, 9.17) is 12.2 Å². The number of hydrogen-bond donors (Lipinski definition) is 1. The lowest BCUT2D eigenvalue weighted by molar-refractivity contribution is 0.714. The van der Waals surface area contributed by atoms with Crippen molar-refractivity contribution in [2.75, 3.05) is 0 Å². The van der Waals surface area contributed by atoms with Gasteiger partial charge in [-0.3, -0.25) is 0 Å². The lowest BCUT2D eigenvalue weighted by Gasteiger charge is -2.03. The number of aromatic amines is 1. The first-order chi connectivity index (χ1) is 12.1. The zero-order chi connectivity index (χ0) is 17.4. The molecule has 2 aromatic carbocycles. The second-order valence-corrected chi connectivity index (χ2v) is 6.22. The molecule has 0 saturated heterocycles. The Morgan fingerprint density at radius 3 is 2.64 bits per heavy atom. The molecule has 124 valence electrons. The summed E-state index contributed by atoms with van der Waals surface area (Å²) in [5.41, 5.74) is 2.87. The number of nitrogens with one attached hydrogen (secondary N) is 1. The molecule has 0 aliphatic heterocycles. The monoisotopic (exact) mass is 348 g/mol. The van der Waals surface area contributed by atoms with Crippen molar-refractivity contribution in [1.29, 1.82) is 0 Å². The van der Waals surface area contributed by atoms with Crippen molar-refractivity contribution in [2.24, 2.45) is 5.10 Å². The van der Waals surface area contributed by atoms with Crippen molar-refractivity contribution in [3.63, 3.8) is 0 Å². The van der Waals surface area contributed by atoms with Gasteiger partial charge in [0.2, 0.25) is 4.77 Å². The third kappa shape index (κ3) is 2.89. The topological polar surface area (TPSA) is 63.8 Å². The van der Waals surface area contributed by atoms with Crippen molar-refractivity contribution < 1.29 is 0 Å². The van der Waals surface area contributed by atoms with E-state index in [-0.39, 0.29) is 0 Å². The lowest BCUT2D eigenvalue weighted by atomic mass is 10.1. The van der Waals surface area contributed by atoms with E-state index in [2.05, 4.69) is 44.7 Å². The molecule has 7 heteroatoms. The van der Waals surface area contributed by atoms with Crippen LogP contribution in [0, 0.1) is 18.6 Å². The Balaban J connectivity index is 1.75. The number of hydrogen-bond acceptors (Lipinski definition) is 4. The highest BCUT2D eigenvalue weighted by molar-refractivity contribution is 7.71. The first-order valence-electron chi connectivity index (χ1n) is 7.86. The molecule has 2 aromatic heterocycles. The van der Waals surface area contributed by atoms with E-state index in [1.807, 2.05) is 38.1 Å². The number of fused-ring (bicyclic) bond motifs is 1. The average Bonchev–Trinajstić information content (AvgIpc) is 3.14. The predicted molar refractivity (Wildman–Crippen MR) is 101 cm³/mol. The van der Waals surface area contributed by atoms with Gasteiger partial charge in [-0.2, -0.15) is 14.9 Å². The molecule has 0 unspecified atom stereocenters. The average molecular weight is 348 g/mol. The molecule has 0 aliphatic rings. The molecule has 0 bridgehead atoms. The molecule has 0 aliphatic carbocycles. The number of nitrogens with zero attached hydrogens (tertiary/aromatic N) is 5. The number of rotatable bonds is 3. The second kappa shape index (κ2) is 6.10. The molecule has 6 nitrogen and oxygen atoms in total. The first kappa shape index (κ1) is 15.5. The van der Waals surface area contributed by atoms with Gasteiger partial charge < -0.3 is 0 Å². The Bertz CT molecular complexity index is 1150. The van der Waals surface area contributed by atoms with Crippen LogP contribution in [0.15, 0.2) is 53.6 Å². The Morgan fingerprint density at radius 1 is 1.08 bits per heavy atom. The van der Waals surface area contributed by atoms with Crippen molar-refractivity contribution in [3.05, 3.63) is 70.3 Å². The van der Waals surface area contributed by atoms with E-state index in [9.17, 15) is 0 Å². The van der Waals surface area contributed by atoms with Crippen LogP contribution in [0.25, 0.3) is 16.7 Å². The Kier molecular flexibility index (Phi) is 3.77. The summed E-state index contributed by atoms with van der Waals surface area (Å²) in [6, 6.07) is 16.4. The van der Waals surface area contributed by atoms with E-state index >= 15 is 0 Å². The summed E-state index contributed by atoms with van der Waals surface area (Å²) in [5.74, 6) is 0.535. The van der Waals surface area contributed by atoms with Gasteiger partial charge in [-0.05, 0) is 54.5 Å². The highest BCUT2D eigenvalue weighted by Crippen LogP contribution is 2.15. The van der Waals surface area contributed by atoms with E-state index in [0.717, 1.165) is 17.0 Å². The van der Waals surface area contributed by atoms with Crippen LogP contribution < -0.4 is 0 Å². The van der Waals surface area contributed by atoms with Gasteiger partial charge in [0.25, 0.3) is 5.95 Å². The van der Waals surface area contributed by atoms with Crippen LogP contribution in [0.3, 0.4) is 0 Å². The van der Waals surface area contributed by atoms with Crippen LogP contribution in [-0.4, -0.2) is 30.9 Å². The summed E-state index contributed by atoms with van der Waals surface area (Å²) in [6.45, 7) is 3.91. The fraction of sp³-hybridized carbons (Fsp3) is 0.111. The normalized spacial score (nSPS) is 11.6. The fourth-order valence-electron chi connectivity index (χ4n) is 2.77. The minimum Gasteiger partial charge on any atom is -0.248 e. The van der Waals surface area contributed by atoms with E-state index in [1.165, 1.54) is 10.8 Å². The summed E-state index contributed by atoms with van der Waals surface area (Å²) < 4.78 is 3.71. The molecule has 2 heterocycles. The van der Waals surface area contributed by atoms with Gasteiger partial charge in [0.15, 0.2) is 0 Å². The van der Waals surface area contributed by atoms with Gasteiger partial charge in [0, 0.05) is 5.69 Å². The van der Waals surface area contributed by atoms with Crippen LogP contribution >= 0.6 is 12.2 Å². The molecule has 0 fully saturated rings. The molecule has 1 N–H and O–H groups in total. The van der Waals surface area contributed by atoms with Crippen molar-refractivity contribution >= 4 is 29.2 Å². The molecule has 4 aromatic rings. The SMILES string of the molecule is Cc1cc(C)n(-c2n[nH]c(=S)n2/N=C\c2ccc3ccccc3c2)n1. The quantitative estimate of drug-likeness (QED) is 0.453. The van der Waals surface area contributed by atoms with Crippen molar-refractivity contribution in [3.8, 4) is 5.95 Å². The fourth-order valence-corrected chi connectivity index (χ4v) is 2.94. The lowest BCUT2D eigenvalue weighted by Crippen LogP contribution is -2.07. The first-order valence-corrected chi connectivity index (χ1v) is 8.27. The Labute approximate surface area is 149 Å². The van der Waals surface area contributed by atoms with Crippen molar-refractivity contribution in [1.82, 2.24) is 24.7 Å². The maximum absolute atomic E-state index is 5.31. The molecule has 25 heavy (non-hydrogen) atoms. The van der Waals surface area contributed by atoms with Gasteiger partial charge in [-0.1, -0.05) is 36.4 Å². The van der Waals surface area contributed by atoms with Crippen LogP contribution in [0.2, 0.25) is 0 Å². The minimum atomic E-state index is 0.416. The Morgan fingerprint density at radius 2 is 1.88 bits per heavy atom. The molecular weight excluding hydrogens is 332 g/mol. The molecular formula is C18H16N6S. The van der Waals surface area contributed by atoms with Gasteiger partial charge in [0.1, 0.15) is 0 Å². The highest BCUT2D eigenvalue weighted by Gasteiger charge is 2.11. The zero-order valence-electron chi connectivity index (χ0n) is 13.8. The van der Waals surface area contributed by atoms with Gasteiger partial charge in [-0.15, -0.1) is 5.10 Å². The van der Waals surface area contributed by atoms with E-state index in [0.29, 0.717) is 10.7 Å². The van der Waals surface area contributed by atoms with E-state index < -0.39 is 0 Å². The van der Waals surface area contributed by atoms with Gasteiger partial charge in [0.05, 0.1) is 11.9 Å². The summed E-state index contributed by atoms with van der Waals surface area (Å²) >= 11 is 5.31. The van der Waals surface area contributed by atoms with Crippen molar-refractivity contribution in [2.45, 2.75) is 13.8 Å². The third-order valence-electron chi connectivity index (χ3n) is 3.93. The largest absolute Gasteiger partial charge is 0.271 e. The van der Waals surface area contributed by atoms with Crippen LogP contribution in [0.4, 0.5) is 0 Å². The maximum atomic E-state index is 5.31. The van der Waals surface area contributed by atoms with Crippen LogP contribution in [0.5, 0.6) is 0 Å². The summed E-state index contributed by atoms with van der Waals surface area (Å²) in [5, 5.41) is 18.3. The number of H-pyrrole nitrogens is 1. The van der Waals surface area contributed by atoms with Gasteiger partial charge in [-0.25, -0.2) is 9.78 Å². The van der Waals surface area contributed by atoms with Gasteiger partial charge >= 0.3 is 0 Å². The van der Waals surface area contributed by atoms with Crippen LogP contribution in [0.1, 0.15) is 17.0 Å². The molecule has 0 spiro atoms. The number of aromatic nitrogens is 5. The number of aryl methyl sites for hydroxylation is 2. The molecule has 4 rings (SSSR count). The summed E-state index contributed by atoms with van der Waals surface area (Å²) in [6.07, 6.45) is 1.77. The van der Waals surface area contributed by atoms with Crippen LogP contribution in [-0.2, 0) is 0 Å². The molecule has 0 atom stereocenters. The second-order valence-electron chi connectivity index (χ2n) is 5.83. The summed E-state index contributed by atoms with van der Waals surface area (Å²) in [7, 11) is 0. The highest BCUT2D eigenvalue weighted by atomic mass is 32.1. The zero-order valence-corrected chi connectivity index (χ0v) is 14.7. The maximum Gasteiger partial charge on any atom is 0.271 e. The smallest absolute Gasteiger partial charge is 0.248 e. The number of benzene rings is 2. The predicted octanol–water partition coefficient (Wildman–Crippen LogP) is 3.78. The standard InChI is InChI=1S/C18H16N6S/c1-12-9-13(2)23(22-12)17-20-21-18(25)24(17)19-11-14-7-8-15-5-3-4-6-16(15)10-14/h3-11H,1-2H3,(H,21,25)/b19-11-. The Hall–Kier alpha value is -3.06. The molecule has 0 saturated carbocycles. The molecule has 0 amide bonds.